The van der Waals surface area contributed by atoms with Crippen molar-refractivity contribution in [1.29, 1.82) is 0 Å². The molecule has 1 aromatic heterocycles. The van der Waals surface area contributed by atoms with Crippen molar-refractivity contribution in [3.63, 3.8) is 0 Å². The number of rotatable bonds is 5. The molecule has 25 heavy (non-hydrogen) atoms. The van der Waals surface area contributed by atoms with E-state index in [4.69, 9.17) is 21.1 Å². The van der Waals surface area contributed by atoms with Crippen LogP contribution in [-0.4, -0.2) is 30.5 Å². The molecule has 0 bridgehead atoms. The van der Waals surface area contributed by atoms with E-state index in [1.54, 1.807) is 30.3 Å². The van der Waals surface area contributed by atoms with Crippen LogP contribution in [0.5, 0.6) is 5.75 Å². The van der Waals surface area contributed by atoms with Gasteiger partial charge >= 0.3 is 5.97 Å². The molecule has 0 unspecified atom stereocenters. The lowest BCUT2D eigenvalue weighted by Crippen LogP contribution is -2.15. The average molecular weight is 356 g/mol. The summed E-state index contributed by atoms with van der Waals surface area (Å²) in [5, 5.41) is 1.24. The second-order valence-electron chi connectivity index (χ2n) is 5.24. The minimum absolute atomic E-state index is 0.152. The van der Waals surface area contributed by atoms with Gasteiger partial charge in [-0.05, 0) is 30.3 Å². The van der Waals surface area contributed by atoms with Crippen molar-refractivity contribution >= 4 is 34.3 Å². The van der Waals surface area contributed by atoms with Crippen LogP contribution in [0, 0.1) is 0 Å². The van der Waals surface area contributed by atoms with Crippen molar-refractivity contribution < 1.29 is 19.1 Å². The molecule has 3 rings (SSSR count). The van der Waals surface area contributed by atoms with E-state index in [0.29, 0.717) is 21.9 Å². The Bertz CT molecular complexity index is 955. The number of carbonyl (C=O) groups excluding carboxylic acids is 2. The van der Waals surface area contributed by atoms with Gasteiger partial charge in [0.05, 0.1) is 17.6 Å². The van der Waals surface area contributed by atoms with Crippen LogP contribution in [0.25, 0.3) is 10.9 Å². The Morgan fingerprint density at radius 2 is 1.88 bits per heavy atom. The highest BCUT2D eigenvalue weighted by atomic mass is 35.5. The van der Waals surface area contributed by atoms with E-state index in [1.165, 1.54) is 13.2 Å². The lowest BCUT2D eigenvalue weighted by atomic mass is 10.1. The summed E-state index contributed by atoms with van der Waals surface area (Å²) in [7, 11) is 1.49. The number of ketones is 1. The summed E-state index contributed by atoms with van der Waals surface area (Å²) in [6, 6.07) is 15.4. The lowest BCUT2D eigenvalue weighted by Gasteiger charge is -2.07. The number of aromatic nitrogens is 1. The van der Waals surface area contributed by atoms with E-state index < -0.39 is 12.6 Å². The number of hydrogen-bond acceptors (Lipinski definition) is 5. The van der Waals surface area contributed by atoms with E-state index in [1.807, 2.05) is 18.2 Å². The predicted octanol–water partition coefficient (Wildman–Crippen LogP) is 3.94. The molecule has 0 spiro atoms. The molecule has 0 saturated carbocycles. The molecular formula is C19H14ClNO4. The second-order valence-corrected chi connectivity index (χ2v) is 5.65. The molecule has 6 heteroatoms. The molecule has 3 aromatic rings. The van der Waals surface area contributed by atoms with Gasteiger partial charge in [-0.25, -0.2) is 9.78 Å². The van der Waals surface area contributed by atoms with Crippen molar-refractivity contribution in [2.45, 2.75) is 0 Å². The monoisotopic (exact) mass is 355 g/mol. The number of Topliss-reactive ketones (excluding diaryl/α,β-unsaturated/α-hetero) is 1. The number of esters is 1. The maximum absolute atomic E-state index is 12.1. The Hall–Kier alpha value is -2.92. The van der Waals surface area contributed by atoms with Crippen molar-refractivity contribution in [3.05, 3.63) is 70.9 Å². The smallest absolute Gasteiger partial charge is 0.357 e. The fourth-order valence-corrected chi connectivity index (χ4v) is 2.57. The number of hydrogen-bond donors (Lipinski definition) is 0. The van der Waals surface area contributed by atoms with Crippen molar-refractivity contribution in [2.75, 3.05) is 13.7 Å². The number of pyridine rings is 1. The summed E-state index contributed by atoms with van der Waals surface area (Å²) in [4.78, 5) is 28.5. The van der Waals surface area contributed by atoms with Crippen molar-refractivity contribution in [3.8, 4) is 5.75 Å². The highest BCUT2D eigenvalue weighted by molar-refractivity contribution is 6.32. The third-order valence-electron chi connectivity index (χ3n) is 3.62. The lowest BCUT2D eigenvalue weighted by molar-refractivity contribution is 0.0469. The van der Waals surface area contributed by atoms with Gasteiger partial charge in [-0.3, -0.25) is 4.79 Å². The predicted molar refractivity (Wildman–Crippen MR) is 94.4 cm³/mol. The summed E-state index contributed by atoms with van der Waals surface area (Å²) in [6.07, 6.45) is 0. The Kier molecular flexibility index (Phi) is 4.95. The summed E-state index contributed by atoms with van der Waals surface area (Å²) in [6.45, 7) is -0.393. The van der Waals surface area contributed by atoms with Gasteiger partial charge in [-0.1, -0.05) is 35.9 Å². The fourth-order valence-electron chi connectivity index (χ4n) is 2.31. The molecule has 0 aliphatic carbocycles. The molecule has 5 nitrogen and oxygen atoms in total. The second kappa shape index (κ2) is 7.32. The zero-order chi connectivity index (χ0) is 17.8. The van der Waals surface area contributed by atoms with Crippen molar-refractivity contribution in [2.24, 2.45) is 0 Å². The first-order valence-electron chi connectivity index (χ1n) is 7.48. The van der Waals surface area contributed by atoms with Gasteiger partial charge in [0.15, 0.2) is 12.4 Å². The van der Waals surface area contributed by atoms with Gasteiger partial charge in [-0.15, -0.1) is 0 Å². The van der Waals surface area contributed by atoms with Crippen LogP contribution < -0.4 is 4.74 Å². The number of halogens is 1. The van der Waals surface area contributed by atoms with E-state index in [2.05, 4.69) is 4.98 Å². The van der Waals surface area contributed by atoms with Crippen LogP contribution in [0.3, 0.4) is 0 Å². The Morgan fingerprint density at radius 1 is 1.08 bits per heavy atom. The minimum atomic E-state index is -0.654. The molecule has 0 radical (unpaired) electrons. The first-order valence-corrected chi connectivity index (χ1v) is 7.86. The molecule has 0 aliphatic heterocycles. The number of methoxy groups -OCH3 is 1. The van der Waals surface area contributed by atoms with Gasteiger partial charge in [0, 0.05) is 10.9 Å². The molecule has 0 fully saturated rings. The molecule has 1 heterocycles. The van der Waals surface area contributed by atoms with Gasteiger partial charge in [-0.2, -0.15) is 0 Å². The van der Waals surface area contributed by atoms with Crippen LogP contribution in [0.2, 0.25) is 5.02 Å². The van der Waals surface area contributed by atoms with E-state index >= 15 is 0 Å². The van der Waals surface area contributed by atoms with Gasteiger partial charge in [0.2, 0.25) is 0 Å². The molecular weight excluding hydrogens is 342 g/mol. The highest BCUT2D eigenvalue weighted by Gasteiger charge is 2.14. The standard InChI is InChI=1S/C19H14ClNO4/c1-24-18-9-7-13(10-14(18)20)17(22)11-25-19(23)16-8-6-12-4-2-3-5-15(12)21-16/h2-10H,11H2,1H3. The van der Waals surface area contributed by atoms with Crippen LogP contribution in [0.4, 0.5) is 0 Å². The number of carbonyl (C=O) groups is 2. The quantitative estimate of drug-likeness (QED) is 0.512. The van der Waals surface area contributed by atoms with Crippen LogP contribution in [-0.2, 0) is 4.74 Å². The highest BCUT2D eigenvalue weighted by Crippen LogP contribution is 2.25. The van der Waals surface area contributed by atoms with E-state index in [9.17, 15) is 9.59 Å². The minimum Gasteiger partial charge on any atom is -0.495 e. The van der Waals surface area contributed by atoms with Crippen LogP contribution in [0.15, 0.2) is 54.6 Å². The van der Waals surface area contributed by atoms with Gasteiger partial charge < -0.3 is 9.47 Å². The number of fused-ring (bicyclic) bond motifs is 1. The normalized spacial score (nSPS) is 10.5. The van der Waals surface area contributed by atoms with E-state index in [-0.39, 0.29) is 11.5 Å². The molecule has 126 valence electrons. The Morgan fingerprint density at radius 3 is 2.64 bits per heavy atom. The third-order valence-corrected chi connectivity index (χ3v) is 3.91. The van der Waals surface area contributed by atoms with Crippen LogP contribution in [0.1, 0.15) is 20.8 Å². The number of ether oxygens (including phenoxy) is 2. The summed E-state index contributed by atoms with van der Waals surface area (Å²) < 4.78 is 10.1. The maximum atomic E-state index is 12.1. The average Bonchev–Trinajstić information content (AvgIpc) is 2.65. The number of benzene rings is 2. The summed E-state index contributed by atoms with van der Waals surface area (Å²) in [5.74, 6) is -0.548. The maximum Gasteiger partial charge on any atom is 0.357 e. The molecule has 0 N–H and O–H groups in total. The molecule has 0 atom stereocenters. The third kappa shape index (κ3) is 3.78. The topological polar surface area (TPSA) is 65.5 Å². The molecule has 0 amide bonds. The van der Waals surface area contributed by atoms with Gasteiger partial charge in [0.1, 0.15) is 11.4 Å². The Labute approximate surface area is 149 Å². The SMILES string of the molecule is COc1ccc(C(=O)COC(=O)c2ccc3ccccc3n2)cc1Cl. The van der Waals surface area contributed by atoms with Gasteiger partial charge in [0.25, 0.3) is 0 Å². The largest absolute Gasteiger partial charge is 0.495 e. The Balaban J connectivity index is 1.68. The van der Waals surface area contributed by atoms with E-state index in [0.717, 1.165) is 5.39 Å². The fraction of sp³-hybridized carbons (Fsp3) is 0.105. The van der Waals surface area contributed by atoms with Crippen molar-refractivity contribution in [1.82, 2.24) is 4.98 Å². The number of nitrogens with zero attached hydrogens (tertiary/aromatic N) is 1. The zero-order valence-corrected chi connectivity index (χ0v) is 14.1. The number of para-hydroxylation sites is 1. The first-order chi connectivity index (χ1) is 12.1. The molecule has 0 saturated heterocycles. The summed E-state index contributed by atoms with van der Waals surface area (Å²) >= 11 is 5.99. The molecule has 2 aromatic carbocycles. The first kappa shape index (κ1) is 16.9. The van der Waals surface area contributed by atoms with Crippen LogP contribution >= 0.6 is 11.6 Å². The summed E-state index contributed by atoms with van der Waals surface area (Å²) in [5.41, 5.74) is 1.18. The molecule has 0 aliphatic rings. The zero-order valence-electron chi connectivity index (χ0n) is 13.4.